The van der Waals surface area contributed by atoms with E-state index in [1.807, 2.05) is 19.0 Å². The number of pyridine rings is 2. The van der Waals surface area contributed by atoms with Crippen LogP contribution in [0.5, 0.6) is 0 Å². The minimum absolute atomic E-state index is 0.0427. The van der Waals surface area contributed by atoms with E-state index in [4.69, 9.17) is 0 Å². The topological polar surface area (TPSA) is 58.1 Å². The van der Waals surface area contributed by atoms with E-state index in [1.54, 1.807) is 12.1 Å². The molecule has 0 fully saturated rings. The second-order valence-electron chi connectivity index (χ2n) is 5.03. The third-order valence-electron chi connectivity index (χ3n) is 2.97. The van der Waals surface area contributed by atoms with Gasteiger partial charge in [0.05, 0.1) is 12.1 Å². The van der Waals surface area contributed by atoms with Gasteiger partial charge in [-0.25, -0.2) is 9.97 Å². The Morgan fingerprint density at radius 1 is 1.26 bits per heavy atom. The highest BCUT2D eigenvalue weighted by atomic mass is 19.4. The van der Waals surface area contributed by atoms with Crippen molar-refractivity contribution in [1.82, 2.24) is 9.97 Å². The zero-order chi connectivity index (χ0) is 17.0. The van der Waals surface area contributed by atoms with Crippen LogP contribution in [0.25, 0.3) is 0 Å². The molecule has 0 aliphatic rings. The summed E-state index contributed by atoms with van der Waals surface area (Å²) in [7, 11) is 3.68. The summed E-state index contributed by atoms with van der Waals surface area (Å²) in [4.78, 5) is 21.2. The molecule has 23 heavy (non-hydrogen) atoms. The first-order valence-electron chi connectivity index (χ1n) is 6.72. The van der Waals surface area contributed by atoms with Crippen LogP contribution in [0.3, 0.4) is 0 Å². The number of nitrogens with zero attached hydrogens (tertiary/aromatic N) is 3. The minimum atomic E-state index is -4.53. The summed E-state index contributed by atoms with van der Waals surface area (Å²) in [5, 5.41) is 2.55. The van der Waals surface area contributed by atoms with Gasteiger partial charge in [0.15, 0.2) is 0 Å². The largest absolute Gasteiger partial charge is 0.433 e. The SMILES string of the molecule is CN(C)c1ccnc(NC(=O)Cc2cccc(C(F)(F)F)n2)c1. The minimum Gasteiger partial charge on any atom is -0.378 e. The first-order valence-corrected chi connectivity index (χ1v) is 6.72. The van der Waals surface area contributed by atoms with E-state index in [-0.39, 0.29) is 12.1 Å². The van der Waals surface area contributed by atoms with Crippen LogP contribution in [-0.4, -0.2) is 30.0 Å². The molecule has 0 unspecified atom stereocenters. The molecule has 0 aromatic carbocycles. The maximum absolute atomic E-state index is 12.6. The van der Waals surface area contributed by atoms with Crippen LogP contribution in [0.2, 0.25) is 0 Å². The van der Waals surface area contributed by atoms with Crippen molar-refractivity contribution < 1.29 is 18.0 Å². The van der Waals surface area contributed by atoms with Gasteiger partial charge in [-0.1, -0.05) is 6.07 Å². The fraction of sp³-hybridized carbons (Fsp3) is 0.267. The van der Waals surface area contributed by atoms with E-state index in [0.717, 1.165) is 11.8 Å². The van der Waals surface area contributed by atoms with Crippen LogP contribution in [0.15, 0.2) is 36.5 Å². The van der Waals surface area contributed by atoms with Crippen molar-refractivity contribution in [3.63, 3.8) is 0 Å². The Morgan fingerprint density at radius 3 is 2.65 bits per heavy atom. The Bertz CT molecular complexity index is 701. The van der Waals surface area contributed by atoms with E-state index < -0.39 is 17.8 Å². The molecular formula is C15H15F3N4O. The van der Waals surface area contributed by atoms with Gasteiger partial charge in [-0.3, -0.25) is 4.79 Å². The average molecular weight is 324 g/mol. The van der Waals surface area contributed by atoms with Crippen molar-refractivity contribution in [2.75, 3.05) is 24.3 Å². The number of carbonyl (C=O) groups is 1. The summed E-state index contributed by atoms with van der Waals surface area (Å²) < 4.78 is 37.8. The highest BCUT2D eigenvalue weighted by Gasteiger charge is 2.32. The smallest absolute Gasteiger partial charge is 0.378 e. The lowest BCUT2D eigenvalue weighted by atomic mass is 10.2. The van der Waals surface area contributed by atoms with Gasteiger partial charge < -0.3 is 10.2 Å². The van der Waals surface area contributed by atoms with E-state index >= 15 is 0 Å². The molecule has 0 saturated heterocycles. The van der Waals surface area contributed by atoms with E-state index in [9.17, 15) is 18.0 Å². The van der Waals surface area contributed by atoms with Crippen LogP contribution in [0.1, 0.15) is 11.4 Å². The Labute approximate surface area is 131 Å². The number of nitrogens with one attached hydrogen (secondary N) is 1. The summed E-state index contributed by atoms with van der Waals surface area (Å²) >= 11 is 0. The van der Waals surface area contributed by atoms with Gasteiger partial charge in [-0.2, -0.15) is 13.2 Å². The molecule has 0 atom stereocenters. The van der Waals surface area contributed by atoms with Crippen molar-refractivity contribution in [2.45, 2.75) is 12.6 Å². The normalized spacial score (nSPS) is 11.2. The second-order valence-corrected chi connectivity index (χ2v) is 5.03. The van der Waals surface area contributed by atoms with Crippen molar-refractivity contribution >= 4 is 17.4 Å². The van der Waals surface area contributed by atoms with Crippen LogP contribution in [0, 0.1) is 0 Å². The highest BCUT2D eigenvalue weighted by Crippen LogP contribution is 2.27. The molecule has 2 rings (SSSR count). The fourth-order valence-electron chi connectivity index (χ4n) is 1.85. The van der Waals surface area contributed by atoms with Crippen LogP contribution in [-0.2, 0) is 17.4 Å². The molecule has 0 aliphatic heterocycles. The molecule has 1 amide bonds. The number of aromatic nitrogens is 2. The average Bonchev–Trinajstić information content (AvgIpc) is 2.46. The molecule has 5 nitrogen and oxygen atoms in total. The fourth-order valence-corrected chi connectivity index (χ4v) is 1.85. The van der Waals surface area contributed by atoms with Crippen LogP contribution < -0.4 is 10.2 Å². The number of carbonyl (C=O) groups excluding carboxylic acids is 1. The molecule has 2 heterocycles. The predicted octanol–water partition coefficient (Wildman–Crippen LogP) is 2.74. The summed E-state index contributed by atoms with van der Waals surface area (Å²) in [6.45, 7) is 0. The number of hydrogen-bond acceptors (Lipinski definition) is 4. The Hall–Kier alpha value is -2.64. The molecule has 0 spiro atoms. The standard InChI is InChI=1S/C15H15F3N4O/c1-22(2)11-6-7-19-13(9-11)21-14(23)8-10-4-3-5-12(20-10)15(16,17)18/h3-7,9H,8H2,1-2H3,(H,19,21,23). The maximum atomic E-state index is 12.6. The zero-order valence-electron chi connectivity index (χ0n) is 12.6. The molecule has 8 heteroatoms. The predicted molar refractivity (Wildman–Crippen MR) is 80.1 cm³/mol. The quantitative estimate of drug-likeness (QED) is 0.939. The molecule has 0 saturated carbocycles. The summed E-state index contributed by atoms with van der Waals surface area (Å²) in [6, 6.07) is 6.90. The summed E-state index contributed by atoms with van der Waals surface area (Å²) in [6.07, 6.45) is -3.26. The lowest BCUT2D eigenvalue weighted by molar-refractivity contribution is -0.141. The molecule has 2 aromatic rings. The van der Waals surface area contributed by atoms with Crippen molar-refractivity contribution in [3.05, 3.63) is 47.9 Å². The van der Waals surface area contributed by atoms with Gasteiger partial charge in [0, 0.05) is 32.0 Å². The molecule has 2 aromatic heterocycles. The number of rotatable bonds is 4. The van der Waals surface area contributed by atoms with Gasteiger partial charge >= 0.3 is 6.18 Å². The van der Waals surface area contributed by atoms with Crippen molar-refractivity contribution in [2.24, 2.45) is 0 Å². The van der Waals surface area contributed by atoms with Crippen molar-refractivity contribution in [3.8, 4) is 0 Å². The van der Waals surface area contributed by atoms with E-state index in [0.29, 0.717) is 5.82 Å². The summed E-state index contributed by atoms with van der Waals surface area (Å²) in [5.41, 5.74) is -0.135. The third-order valence-corrected chi connectivity index (χ3v) is 2.97. The van der Waals surface area contributed by atoms with E-state index in [1.165, 1.54) is 18.3 Å². The van der Waals surface area contributed by atoms with E-state index in [2.05, 4.69) is 15.3 Å². The molecule has 1 N–H and O–H groups in total. The first kappa shape index (κ1) is 16.7. The zero-order valence-corrected chi connectivity index (χ0v) is 12.6. The van der Waals surface area contributed by atoms with Crippen LogP contribution >= 0.6 is 0 Å². The lowest BCUT2D eigenvalue weighted by Crippen LogP contribution is -2.18. The number of halogens is 3. The third kappa shape index (κ3) is 4.67. The number of hydrogen-bond donors (Lipinski definition) is 1. The van der Waals surface area contributed by atoms with Gasteiger partial charge in [0.1, 0.15) is 11.5 Å². The molecule has 0 radical (unpaired) electrons. The number of anilines is 2. The Kier molecular flexibility index (Phi) is 4.83. The lowest BCUT2D eigenvalue weighted by Gasteiger charge is -2.13. The van der Waals surface area contributed by atoms with Crippen molar-refractivity contribution in [1.29, 1.82) is 0 Å². The Balaban J connectivity index is 2.07. The first-order chi connectivity index (χ1) is 10.8. The van der Waals surface area contributed by atoms with Crippen LogP contribution in [0.4, 0.5) is 24.7 Å². The maximum Gasteiger partial charge on any atom is 0.433 e. The molecule has 0 bridgehead atoms. The summed E-state index contributed by atoms with van der Waals surface area (Å²) in [5.74, 6) is -0.159. The highest BCUT2D eigenvalue weighted by molar-refractivity contribution is 5.91. The number of amides is 1. The number of alkyl halides is 3. The molecular weight excluding hydrogens is 309 g/mol. The molecule has 122 valence electrons. The van der Waals surface area contributed by atoms with Gasteiger partial charge in [0.2, 0.25) is 5.91 Å². The monoisotopic (exact) mass is 324 g/mol. The van der Waals surface area contributed by atoms with Gasteiger partial charge in [-0.15, -0.1) is 0 Å². The molecule has 0 aliphatic carbocycles. The van der Waals surface area contributed by atoms with Gasteiger partial charge in [-0.05, 0) is 18.2 Å². The Morgan fingerprint density at radius 2 is 2.00 bits per heavy atom. The van der Waals surface area contributed by atoms with Gasteiger partial charge in [0.25, 0.3) is 0 Å². The second kappa shape index (κ2) is 6.64.